The second-order valence-electron chi connectivity index (χ2n) is 6.39. The second-order valence-corrected chi connectivity index (χ2v) is 6.39. The topological polar surface area (TPSA) is 119 Å². The number of benzene rings is 1. The highest BCUT2D eigenvalue weighted by atomic mass is 16.5. The Labute approximate surface area is 149 Å². The SMILES string of the molecule is Cc1cc(Oc2ccc(NC(=O)c3ccnc(C4(N)CC4)n3)cc2)n[nH]1. The number of aromatic nitrogens is 4. The minimum Gasteiger partial charge on any atom is -0.438 e. The molecular formula is C18H18N6O2. The van der Waals surface area contributed by atoms with Crippen LogP contribution in [0.25, 0.3) is 0 Å². The number of nitrogens with zero attached hydrogens (tertiary/aromatic N) is 3. The van der Waals surface area contributed by atoms with Gasteiger partial charge in [-0.1, -0.05) is 0 Å². The number of amides is 1. The number of nitrogens with one attached hydrogen (secondary N) is 2. The van der Waals surface area contributed by atoms with Gasteiger partial charge in [-0.2, -0.15) is 0 Å². The molecule has 3 aromatic rings. The molecule has 0 unspecified atom stereocenters. The zero-order chi connectivity index (χ0) is 18.1. The van der Waals surface area contributed by atoms with E-state index in [2.05, 4.69) is 25.5 Å². The van der Waals surface area contributed by atoms with Crippen LogP contribution in [0, 0.1) is 6.92 Å². The van der Waals surface area contributed by atoms with Gasteiger partial charge in [-0.05, 0) is 50.1 Å². The summed E-state index contributed by atoms with van der Waals surface area (Å²) in [5.41, 5.74) is 7.46. The molecule has 1 aliphatic carbocycles. The lowest BCUT2D eigenvalue weighted by Crippen LogP contribution is -2.24. The number of hydrogen-bond donors (Lipinski definition) is 3. The maximum atomic E-state index is 12.4. The summed E-state index contributed by atoms with van der Waals surface area (Å²) >= 11 is 0. The first kappa shape index (κ1) is 16.2. The number of hydrogen-bond acceptors (Lipinski definition) is 6. The van der Waals surface area contributed by atoms with Crippen LogP contribution in [0.15, 0.2) is 42.6 Å². The predicted molar refractivity (Wildman–Crippen MR) is 94.9 cm³/mol. The molecule has 0 saturated heterocycles. The molecule has 1 amide bonds. The van der Waals surface area contributed by atoms with Gasteiger partial charge in [0.05, 0.1) is 5.54 Å². The fourth-order valence-electron chi connectivity index (χ4n) is 2.45. The number of nitrogens with two attached hydrogens (primary N) is 1. The molecule has 4 rings (SSSR count). The van der Waals surface area contributed by atoms with Crippen molar-refractivity contribution in [3.63, 3.8) is 0 Å². The van der Waals surface area contributed by atoms with Crippen molar-refractivity contribution >= 4 is 11.6 Å². The van der Waals surface area contributed by atoms with Crippen molar-refractivity contribution < 1.29 is 9.53 Å². The minimum absolute atomic E-state index is 0.291. The van der Waals surface area contributed by atoms with Crippen molar-refractivity contribution in [1.82, 2.24) is 20.2 Å². The van der Waals surface area contributed by atoms with Crippen LogP contribution < -0.4 is 15.8 Å². The Morgan fingerprint density at radius 3 is 2.69 bits per heavy atom. The van der Waals surface area contributed by atoms with Gasteiger partial charge in [0.1, 0.15) is 17.3 Å². The van der Waals surface area contributed by atoms with E-state index in [-0.39, 0.29) is 5.91 Å². The molecule has 1 aliphatic rings. The molecule has 1 saturated carbocycles. The highest BCUT2D eigenvalue weighted by molar-refractivity contribution is 6.02. The predicted octanol–water partition coefficient (Wildman–Crippen LogP) is 2.50. The summed E-state index contributed by atoms with van der Waals surface area (Å²) in [6, 6.07) is 10.4. The summed E-state index contributed by atoms with van der Waals surface area (Å²) in [5.74, 6) is 1.32. The Morgan fingerprint density at radius 1 is 1.27 bits per heavy atom. The molecule has 0 bridgehead atoms. The number of aromatic amines is 1. The first-order chi connectivity index (χ1) is 12.5. The van der Waals surface area contributed by atoms with E-state index in [0.717, 1.165) is 18.5 Å². The highest BCUT2D eigenvalue weighted by Gasteiger charge is 2.43. The molecule has 0 spiro atoms. The number of carbonyl (C=O) groups is 1. The van der Waals surface area contributed by atoms with Gasteiger partial charge in [0.25, 0.3) is 5.91 Å². The van der Waals surface area contributed by atoms with Gasteiger partial charge in [0, 0.05) is 23.6 Å². The molecule has 8 nitrogen and oxygen atoms in total. The first-order valence-electron chi connectivity index (χ1n) is 8.26. The molecule has 1 aromatic carbocycles. The van der Waals surface area contributed by atoms with E-state index < -0.39 is 5.54 Å². The van der Waals surface area contributed by atoms with Crippen LogP contribution >= 0.6 is 0 Å². The number of aryl methyl sites for hydroxylation is 1. The Morgan fingerprint density at radius 2 is 2.04 bits per heavy atom. The van der Waals surface area contributed by atoms with Crippen molar-refractivity contribution in [2.24, 2.45) is 5.73 Å². The van der Waals surface area contributed by atoms with Crippen molar-refractivity contribution in [2.75, 3.05) is 5.32 Å². The van der Waals surface area contributed by atoms with Gasteiger partial charge in [0.15, 0.2) is 0 Å². The van der Waals surface area contributed by atoms with E-state index in [4.69, 9.17) is 10.5 Å². The molecule has 0 atom stereocenters. The Balaban J connectivity index is 1.43. The Kier molecular flexibility index (Phi) is 3.89. The Hall–Kier alpha value is -3.26. The molecule has 8 heteroatoms. The summed E-state index contributed by atoms with van der Waals surface area (Å²) in [7, 11) is 0. The van der Waals surface area contributed by atoms with Crippen LogP contribution in [0.3, 0.4) is 0 Å². The lowest BCUT2D eigenvalue weighted by atomic mass is 10.2. The second kappa shape index (κ2) is 6.23. The summed E-state index contributed by atoms with van der Waals surface area (Å²) in [6.07, 6.45) is 3.25. The normalized spacial score (nSPS) is 14.7. The number of ether oxygens (including phenoxy) is 1. The molecule has 4 N–H and O–H groups in total. The van der Waals surface area contributed by atoms with Gasteiger partial charge in [-0.25, -0.2) is 9.97 Å². The fraction of sp³-hybridized carbons (Fsp3) is 0.222. The average molecular weight is 350 g/mol. The maximum Gasteiger partial charge on any atom is 0.274 e. The summed E-state index contributed by atoms with van der Waals surface area (Å²) in [4.78, 5) is 20.9. The van der Waals surface area contributed by atoms with Crippen LogP contribution in [0.2, 0.25) is 0 Å². The van der Waals surface area contributed by atoms with Gasteiger partial charge >= 0.3 is 0 Å². The quantitative estimate of drug-likeness (QED) is 0.650. The summed E-state index contributed by atoms with van der Waals surface area (Å²) < 4.78 is 5.61. The third-order valence-corrected chi connectivity index (χ3v) is 4.14. The molecule has 0 radical (unpaired) electrons. The van der Waals surface area contributed by atoms with Crippen LogP contribution in [-0.2, 0) is 5.54 Å². The molecule has 132 valence electrons. The van der Waals surface area contributed by atoms with Gasteiger partial charge in [-0.3, -0.25) is 9.89 Å². The lowest BCUT2D eigenvalue weighted by molar-refractivity contribution is 0.102. The van der Waals surface area contributed by atoms with E-state index >= 15 is 0 Å². The van der Waals surface area contributed by atoms with E-state index in [1.807, 2.05) is 6.92 Å². The van der Waals surface area contributed by atoms with Crippen molar-refractivity contribution in [1.29, 1.82) is 0 Å². The van der Waals surface area contributed by atoms with Crippen LogP contribution in [0.1, 0.15) is 34.8 Å². The fourth-order valence-corrected chi connectivity index (χ4v) is 2.45. The average Bonchev–Trinajstić information content (AvgIpc) is 3.27. The van der Waals surface area contributed by atoms with Crippen LogP contribution in [0.4, 0.5) is 5.69 Å². The van der Waals surface area contributed by atoms with Crippen molar-refractivity contribution in [2.45, 2.75) is 25.3 Å². The zero-order valence-corrected chi connectivity index (χ0v) is 14.2. The first-order valence-corrected chi connectivity index (χ1v) is 8.26. The number of rotatable bonds is 5. The van der Waals surface area contributed by atoms with Crippen LogP contribution in [-0.4, -0.2) is 26.1 Å². The smallest absolute Gasteiger partial charge is 0.274 e. The van der Waals surface area contributed by atoms with Gasteiger partial charge in [-0.15, -0.1) is 5.10 Å². The molecule has 2 aromatic heterocycles. The third-order valence-electron chi connectivity index (χ3n) is 4.14. The monoisotopic (exact) mass is 350 g/mol. The molecular weight excluding hydrogens is 332 g/mol. The highest BCUT2D eigenvalue weighted by Crippen LogP contribution is 2.40. The Bertz CT molecular complexity index is 946. The lowest BCUT2D eigenvalue weighted by Gasteiger charge is -2.09. The molecule has 2 heterocycles. The van der Waals surface area contributed by atoms with Crippen molar-refractivity contribution in [3.8, 4) is 11.6 Å². The minimum atomic E-state index is -0.472. The van der Waals surface area contributed by atoms with E-state index in [1.165, 1.54) is 0 Å². The van der Waals surface area contributed by atoms with Crippen molar-refractivity contribution in [3.05, 3.63) is 59.8 Å². The zero-order valence-electron chi connectivity index (χ0n) is 14.2. The summed E-state index contributed by atoms with van der Waals surface area (Å²) in [5, 5.41) is 9.63. The number of anilines is 1. The van der Waals surface area contributed by atoms with Crippen LogP contribution in [0.5, 0.6) is 11.6 Å². The largest absolute Gasteiger partial charge is 0.438 e. The number of H-pyrrole nitrogens is 1. The van der Waals surface area contributed by atoms with E-state index in [1.54, 1.807) is 42.6 Å². The van der Waals surface area contributed by atoms with E-state index in [0.29, 0.717) is 28.8 Å². The maximum absolute atomic E-state index is 12.4. The van der Waals surface area contributed by atoms with Gasteiger partial charge < -0.3 is 15.8 Å². The van der Waals surface area contributed by atoms with E-state index in [9.17, 15) is 4.79 Å². The third kappa shape index (κ3) is 3.40. The molecule has 1 fully saturated rings. The number of carbonyl (C=O) groups excluding carboxylic acids is 1. The van der Waals surface area contributed by atoms with Gasteiger partial charge in [0.2, 0.25) is 5.88 Å². The summed E-state index contributed by atoms with van der Waals surface area (Å²) in [6.45, 7) is 1.90. The molecule has 0 aliphatic heterocycles. The standard InChI is InChI=1S/C18H18N6O2/c1-11-10-15(24-23-11)26-13-4-2-12(3-5-13)21-16(25)14-6-9-20-17(22-14)18(19)7-8-18/h2-6,9-10H,7-8,19H2,1H3,(H,21,25)(H,23,24). The molecule has 26 heavy (non-hydrogen) atoms.